The summed E-state index contributed by atoms with van der Waals surface area (Å²) in [4.78, 5) is 1.02. The van der Waals surface area contributed by atoms with Crippen molar-refractivity contribution in [3.8, 4) is 0 Å². The molecule has 18 heavy (non-hydrogen) atoms. The van der Waals surface area contributed by atoms with Crippen LogP contribution in [0.5, 0.6) is 0 Å². The van der Waals surface area contributed by atoms with Crippen LogP contribution in [0.2, 0.25) is 0 Å². The van der Waals surface area contributed by atoms with E-state index >= 15 is 0 Å². The van der Waals surface area contributed by atoms with Crippen molar-refractivity contribution in [3.05, 3.63) is 53.7 Å². The summed E-state index contributed by atoms with van der Waals surface area (Å²) in [7, 11) is 1.50. The molecule has 0 unspecified atom stereocenters. The van der Waals surface area contributed by atoms with E-state index in [1.165, 1.54) is 25.3 Å². The summed E-state index contributed by atoms with van der Waals surface area (Å²) in [6, 6.07) is 7.93. The van der Waals surface area contributed by atoms with Gasteiger partial charge in [0.15, 0.2) is 5.88 Å². The van der Waals surface area contributed by atoms with Gasteiger partial charge in [0, 0.05) is 23.7 Å². The monoisotopic (exact) mass is 266 g/mol. The lowest BCUT2D eigenvalue weighted by molar-refractivity contribution is 0.287. The second-order valence-electron chi connectivity index (χ2n) is 3.49. The first-order valence-corrected chi connectivity index (χ1v) is 6.20. The highest BCUT2D eigenvalue weighted by molar-refractivity contribution is 7.97. The predicted molar refractivity (Wildman–Crippen MR) is 74.9 cm³/mol. The number of nitrogens with one attached hydrogen (secondary N) is 1. The molecule has 0 bridgehead atoms. The quantitative estimate of drug-likeness (QED) is 0.348. The second kappa shape index (κ2) is 7.52. The molecule has 0 fully saturated rings. The van der Waals surface area contributed by atoms with Crippen molar-refractivity contribution < 1.29 is 4.74 Å². The molecule has 0 radical (unpaired) electrons. The molecule has 7 N–H and O–H groups in total. The van der Waals surface area contributed by atoms with E-state index in [-0.39, 0.29) is 0 Å². The van der Waals surface area contributed by atoms with Gasteiger partial charge >= 0.3 is 0 Å². The molecule has 0 aliphatic rings. The number of benzene rings is 1. The van der Waals surface area contributed by atoms with E-state index < -0.39 is 0 Å². The molecule has 1 aromatic carbocycles. The van der Waals surface area contributed by atoms with E-state index in [2.05, 4.69) is 5.32 Å². The summed E-state index contributed by atoms with van der Waals surface area (Å²) in [6.07, 6.45) is 3.07. The first-order valence-electron chi connectivity index (χ1n) is 5.32. The lowest BCUT2D eigenvalue weighted by atomic mass is 10.2. The van der Waals surface area contributed by atoms with Gasteiger partial charge in [0.1, 0.15) is 0 Å². The summed E-state index contributed by atoms with van der Waals surface area (Å²) in [6.45, 7) is 0.645. The molecule has 5 nitrogen and oxygen atoms in total. The third kappa shape index (κ3) is 4.60. The van der Waals surface area contributed by atoms with Crippen molar-refractivity contribution in [3.63, 3.8) is 0 Å². The van der Waals surface area contributed by atoms with Crippen LogP contribution in [0, 0.1) is 0 Å². The van der Waals surface area contributed by atoms with Gasteiger partial charge in [-0.05, 0) is 29.6 Å². The Bertz CT molecular complexity index is 428. The zero-order valence-electron chi connectivity index (χ0n) is 10.2. The number of methoxy groups -OCH3 is 1. The molecular weight excluding hydrogens is 248 g/mol. The van der Waals surface area contributed by atoms with Gasteiger partial charge in [-0.25, -0.2) is 0 Å². The van der Waals surface area contributed by atoms with Crippen LogP contribution in [0.25, 0.3) is 0 Å². The lowest BCUT2D eigenvalue weighted by Gasteiger charge is -2.08. The highest BCUT2D eigenvalue weighted by Gasteiger charge is 1.97. The minimum absolute atomic E-state index is 0.300. The van der Waals surface area contributed by atoms with Gasteiger partial charge in [0.2, 0.25) is 0 Å². The van der Waals surface area contributed by atoms with Crippen LogP contribution in [0.3, 0.4) is 0 Å². The van der Waals surface area contributed by atoms with E-state index in [9.17, 15) is 0 Å². The van der Waals surface area contributed by atoms with Gasteiger partial charge in [-0.2, -0.15) is 0 Å². The molecule has 0 aromatic heterocycles. The largest absolute Gasteiger partial charge is 0.483 e. The van der Waals surface area contributed by atoms with Gasteiger partial charge in [0.05, 0.1) is 12.8 Å². The summed E-state index contributed by atoms with van der Waals surface area (Å²) >= 11 is 1.22. The van der Waals surface area contributed by atoms with E-state index in [4.69, 9.17) is 21.3 Å². The Morgan fingerprint density at radius 2 is 2.06 bits per heavy atom. The molecule has 1 aromatic rings. The third-order valence-electron chi connectivity index (χ3n) is 2.27. The molecule has 0 aliphatic heterocycles. The Balaban J connectivity index is 2.57. The van der Waals surface area contributed by atoms with Crippen LogP contribution in [-0.4, -0.2) is 7.11 Å². The molecule has 98 valence electrons. The minimum atomic E-state index is 0.300. The number of nitrogens with two attached hydrogens (primary N) is 3. The maximum Gasteiger partial charge on any atom is 0.185 e. The van der Waals surface area contributed by atoms with Crippen molar-refractivity contribution >= 4 is 11.9 Å². The normalized spacial score (nSPS) is 12.3. The van der Waals surface area contributed by atoms with E-state index in [1.807, 2.05) is 24.3 Å². The molecule has 0 spiro atoms. The third-order valence-corrected chi connectivity index (χ3v) is 2.81. The molecule has 1 rings (SSSR count). The minimum Gasteiger partial charge on any atom is -0.483 e. The SMILES string of the molecule is CO/C(N)=C/C(=C\N)NCc1ccc(SN)cc1. The highest BCUT2D eigenvalue weighted by atomic mass is 32.2. The maximum atomic E-state index is 5.54. The number of allylic oxidation sites excluding steroid dienone is 1. The fourth-order valence-corrected chi connectivity index (χ4v) is 1.55. The summed E-state index contributed by atoms with van der Waals surface area (Å²) in [5.41, 5.74) is 12.8. The average molecular weight is 266 g/mol. The fourth-order valence-electron chi connectivity index (χ4n) is 1.26. The number of rotatable bonds is 6. The molecule has 0 saturated heterocycles. The Morgan fingerprint density at radius 1 is 1.39 bits per heavy atom. The molecule has 6 heteroatoms. The van der Waals surface area contributed by atoms with Crippen molar-refractivity contribution in [2.75, 3.05) is 7.11 Å². The highest BCUT2D eigenvalue weighted by Crippen LogP contribution is 2.12. The van der Waals surface area contributed by atoms with Gasteiger partial charge in [0.25, 0.3) is 0 Å². The Labute approximate surface area is 111 Å². The smallest absolute Gasteiger partial charge is 0.185 e. The number of ether oxygens (including phenoxy) is 1. The van der Waals surface area contributed by atoms with Gasteiger partial charge in [-0.1, -0.05) is 12.1 Å². The van der Waals surface area contributed by atoms with Crippen LogP contribution in [0.4, 0.5) is 0 Å². The lowest BCUT2D eigenvalue weighted by Crippen LogP contribution is -2.14. The van der Waals surface area contributed by atoms with E-state index in [1.54, 1.807) is 6.08 Å². The van der Waals surface area contributed by atoms with Crippen molar-refractivity contribution in [1.29, 1.82) is 0 Å². The van der Waals surface area contributed by atoms with Crippen LogP contribution in [0.1, 0.15) is 5.56 Å². The zero-order chi connectivity index (χ0) is 13.4. The summed E-state index contributed by atoms with van der Waals surface area (Å²) in [5.74, 6) is 0.300. The molecule has 0 saturated carbocycles. The average Bonchev–Trinajstić information content (AvgIpc) is 2.43. The standard InChI is InChI=1S/C12H18N4OS/c1-17-12(14)6-10(7-13)16-8-9-2-4-11(18-15)5-3-9/h2-7,16H,8,13-15H2,1H3/b10-7+,12-6+. The van der Waals surface area contributed by atoms with E-state index in [0.717, 1.165) is 10.5 Å². The summed E-state index contributed by atoms with van der Waals surface area (Å²) in [5, 5.41) is 8.60. The second-order valence-corrected chi connectivity index (χ2v) is 4.20. The van der Waals surface area contributed by atoms with Crippen molar-refractivity contribution in [2.24, 2.45) is 16.6 Å². The van der Waals surface area contributed by atoms with Crippen LogP contribution in [-0.2, 0) is 11.3 Å². The molecule has 0 aliphatic carbocycles. The van der Waals surface area contributed by atoms with Gasteiger partial charge < -0.3 is 21.5 Å². The van der Waals surface area contributed by atoms with Crippen molar-refractivity contribution in [1.82, 2.24) is 5.32 Å². The van der Waals surface area contributed by atoms with Crippen molar-refractivity contribution in [2.45, 2.75) is 11.4 Å². The number of hydrogen-bond acceptors (Lipinski definition) is 6. The molecule has 0 atom stereocenters. The predicted octanol–water partition coefficient (Wildman–Crippen LogP) is 0.989. The van der Waals surface area contributed by atoms with Crippen LogP contribution in [0.15, 0.2) is 53.0 Å². The molecular formula is C12H18N4OS. The van der Waals surface area contributed by atoms with E-state index in [0.29, 0.717) is 18.1 Å². The molecule has 0 amide bonds. The Kier molecular flexibility index (Phi) is 5.96. The topological polar surface area (TPSA) is 99.3 Å². The summed E-state index contributed by atoms with van der Waals surface area (Å²) < 4.78 is 4.85. The fraction of sp³-hybridized carbons (Fsp3) is 0.167. The number of hydrogen-bond donors (Lipinski definition) is 4. The maximum absolute atomic E-state index is 5.54. The van der Waals surface area contributed by atoms with Gasteiger partial charge in [-0.15, -0.1) is 0 Å². The first kappa shape index (κ1) is 14.3. The zero-order valence-corrected chi connectivity index (χ0v) is 11.0. The molecule has 0 heterocycles. The van der Waals surface area contributed by atoms with Crippen LogP contribution >= 0.6 is 11.9 Å². The van der Waals surface area contributed by atoms with Crippen LogP contribution < -0.4 is 21.9 Å². The Hall–Kier alpha value is -1.79. The van der Waals surface area contributed by atoms with Gasteiger partial charge in [-0.3, -0.25) is 5.14 Å². The Morgan fingerprint density at radius 3 is 2.56 bits per heavy atom. The first-order chi connectivity index (χ1) is 8.69.